The quantitative estimate of drug-likeness (QED) is 0.368. The Morgan fingerprint density at radius 2 is 2.06 bits per heavy atom. The van der Waals surface area contributed by atoms with Crippen LogP contribution in [-0.4, -0.2) is 15.7 Å². The van der Waals surface area contributed by atoms with E-state index in [1.165, 1.54) is 24.4 Å². The zero-order valence-electron chi connectivity index (χ0n) is 9.04. The fourth-order valence-corrected chi connectivity index (χ4v) is 1.96. The summed E-state index contributed by atoms with van der Waals surface area (Å²) in [6.45, 7) is 0. The van der Waals surface area contributed by atoms with E-state index in [2.05, 4.69) is 4.98 Å². The number of carbonyl (C=O) groups is 1. The number of nitro groups is 1. The molecule has 6 heteroatoms. The molecule has 0 saturated heterocycles. The lowest BCUT2D eigenvalue weighted by Gasteiger charge is -2.02. The summed E-state index contributed by atoms with van der Waals surface area (Å²) in [7, 11) is 0. The molecule has 0 radical (unpaired) electrons. The maximum atomic E-state index is 12.1. The van der Waals surface area contributed by atoms with E-state index in [1.54, 1.807) is 18.2 Å². The van der Waals surface area contributed by atoms with Crippen LogP contribution in [0.4, 0.5) is 5.69 Å². The lowest BCUT2D eigenvalue weighted by Crippen LogP contribution is -2.07. The monoisotopic (exact) mass is 354 g/mol. The van der Waals surface area contributed by atoms with Crippen LogP contribution in [0.5, 0.6) is 0 Å². The molecule has 2 rings (SSSR count). The summed E-state index contributed by atoms with van der Waals surface area (Å²) in [5.41, 5.74) is 0.0541. The molecule has 1 heterocycles. The lowest BCUT2D eigenvalue weighted by molar-refractivity contribution is -0.385. The van der Waals surface area contributed by atoms with Crippen LogP contribution in [0, 0.1) is 13.7 Å². The highest BCUT2D eigenvalue weighted by Crippen LogP contribution is 2.23. The minimum absolute atomic E-state index is 0.0547. The predicted molar refractivity (Wildman–Crippen MR) is 73.5 cm³/mol. The van der Waals surface area contributed by atoms with Crippen molar-refractivity contribution in [2.45, 2.75) is 0 Å². The van der Waals surface area contributed by atoms with E-state index in [0.29, 0.717) is 3.57 Å². The number of ketones is 1. The third-order valence-corrected chi connectivity index (χ3v) is 2.97. The summed E-state index contributed by atoms with van der Waals surface area (Å²) in [4.78, 5) is 26.4. The van der Waals surface area contributed by atoms with Crippen LogP contribution in [0.2, 0.25) is 0 Å². The second-order valence-electron chi connectivity index (χ2n) is 3.46. The number of rotatable bonds is 3. The summed E-state index contributed by atoms with van der Waals surface area (Å²) in [5, 5.41) is 10.9. The number of nitrogens with zero attached hydrogens (tertiary/aromatic N) is 2. The van der Waals surface area contributed by atoms with E-state index < -0.39 is 10.7 Å². The smallest absolute Gasteiger partial charge is 0.281 e. The molecule has 5 nitrogen and oxygen atoms in total. The fourth-order valence-electron chi connectivity index (χ4n) is 1.48. The van der Waals surface area contributed by atoms with Gasteiger partial charge in [0.2, 0.25) is 5.78 Å². The van der Waals surface area contributed by atoms with Crippen molar-refractivity contribution in [3.05, 3.63) is 67.5 Å². The Balaban J connectivity index is 2.52. The van der Waals surface area contributed by atoms with E-state index in [-0.39, 0.29) is 16.9 Å². The summed E-state index contributed by atoms with van der Waals surface area (Å²) >= 11 is 1.96. The first-order valence-corrected chi connectivity index (χ1v) is 6.07. The van der Waals surface area contributed by atoms with Gasteiger partial charge in [0.15, 0.2) is 0 Å². The molecule has 0 aliphatic rings. The van der Waals surface area contributed by atoms with Crippen molar-refractivity contribution in [3.8, 4) is 0 Å². The van der Waals surface area contributed by atoms with Crippen LogP contribution in [0.25, 0.3) is 0 Å². The van der Waals surface area contributed by atoms with Crippen molar-refractivity contribution in [2.75, 3.05) is 0 Å². The molecule has 2 aromatic rings. The molecule has 0 aliphatic heterocycles. The van der Waals surface area contributed by atoms with E-state index in [1.807, 2.05) is 22.6 Å². The normalized spacial score (nSPS) is 10.1. The summed E-state index contributed by atoms with van der Waals surface area (Å²) in [6, 6.07) is 9.36. The molecule has 1 aromatic carbocycles. The lowest BCUT2D eigenvalue weighted by atomic mass is 10.1. The first-order chi connectivity index (χ1) is 8.59. The van der Waals surface area contributed by atoms with Crippen LogP contribution in [0.1, 0.15) is 16.1 Å². The molecule has 1 aromatic heterocycles. The average molecular weight is 354 g/mol. The maximum Gasteiger partial charge on any atom is 0.281 e. The molecule has 0 saturated carbocycles. The van der Waals surface area contributed by atoms with Gasteiger partial charge in [0.1, 0.15) is 11.3 Å². The van der Waals surface area contributed by atoms with Crippen molar-refractivity contribution < 1.29 is 9.72 Å². The summed E-state index contributed by atoms with van der Waals surface area (Å²) in [5.74, 6) is -0.446. The molecule has 0 fully saturated rings. The molecule has 18 heavy (non-hydrogen) atoms. The topological polar surface area (TPSA) is 73.1 Å². The fraction of sp³-hybridized carbons (Fsp3) is 0. The Labute approximate surface area is 116 Å². The van der Waals surface area contributed by atoms with E-state index >= 15 is 0 Å². The molecule has 0 atom stereocenters. The van der Waals surface area contributed by atoms with Crippen LogP contribution in [0.15, 0.2) is 42.6 Å². The molecule has 0 unspecified atom stereocenters. The van der Waals surface area contributed by atoms with Crippen LogP contribution < -0.4 is 0 Å². The number of halogens is 1. The van der Waals surface area contributed by atoms with Crippen molar-refractivity contribution >= 4 is 34.1 Å². The Morgan fingerprint density at radius 3 is 2.67 bits per heavy atom. The molecule has 0 N–H and O–H groups in total. The minimum Gasteiger partial charge on any atom is -0.287 e. The van der Waals surface area contributed by atoms with Gasteiger partial charge in [0.05, 0.1) is 4.92 Å². The molecule has 0 amide bonds. The number of benzene rings is 1. The number of hydrogen-bond donors (Lipinski definition) is 0. The molecular weight excluding hydrogens is 347 g/mol. The Hall–Kier alpha value is -1.83. The zero-order chi connectivity index (χ0) is 13.1. The third-order valence-electron chi connectivity index (χ3n) is 2.30. The molecular formula is C12H7IN2O3. The minimum atomic E-state index is -0.557. The van der Waals surface area contributed by atoms with Crippen molar-refractivity contribution in [3.63, 3.8) is 0 Å². The van der Waals surface area contributed by atoms with Gasteiger partial charge < -0.3 is 0 Å². The van der Waals surface area contributed by atoms with E-state index in [4.69, 9.17) is 0 Å². The first-order valence-electron chi connectivity index (χ1n) is 4.99. The van der Waals surface area contributed by atoms with Crippen molar-refractivity contribution in [2.24, 2.45) is 0 Å². The third kappa shape index (κ3) is 2.53. The Kier molecular flexibility index (Phi) is 3.66. The molecule has 0 spiro atoms. The van der Waals surface area contributed by atoms with Crippen LogP contribution in [-0.2, 0) is 0 Å². The number of nitro benzene ring substituents is 1. The standard InChI is InChI=1S/C12H7IN2O3/c13-8-4-5-9(11(7-8)15(17)18)12(16)10-3-1-2-6-14-10/h1-7H. The van der Waals surface area contributed by atoms with Gasteiger partial charge in [-0.3, -0.25) is 19.9 Å². The number of aromatic nitrogens is 1. The van der Waals surface area contributed by atoms with Gasteiger partial charge in [0.25, 0.3) is 5.69 Å². The van der Waals surface area contributed by atoms with Crippen molar-refractivity contribution in [1.82, 2.24) is 4.98 Å². The van der Waals surface area contributed by atoms with Crippen molar-refractivity contribution in [1.29, 1.82) is 0 Å². The van der Waals surface area contributed by atoms with Gasteiger partial charge in [-0.2, -0.15) is 0 Å². The Morgan fingerprint density at radius 1 is 1.28 bits per heavy atom. The molecule has 0 bridgehead atoms. The van der Waals surface area contributed by atoms with E-state index in [0.717, 1.165) is 0 Å². The SMILES string of the molecule is O=C(c1ccccn1)c1ccc(I)cc1[N+](=O)[O-]. The highest BCUT2D eigenvalue weighted by molar-refractivity contribution is 14.1. The largest absolute Gasteiger partial charge is 0.287 e. The average Bonchev–Trinajstić information content (AvgIpc) is 2.39. The summed E-state index contributed by atoms with van der Waals surface area (Å²) < 4.78 is 0.705. The number of hydrogen-bond acceptors (Lipinski definition) is 4. The number of carbonyl (C=O) groups excluding carboxylic acids is 1. The Bertz CT molecular complexity index is 614. The van der Waals surface area contributed by atoms with E-state index in [9.17, 15) is 14.9 Å². The van der Waals surface area contributed by atoms with Gasteiger partial charge >= 0.3 is 0 Å². The van der Waals surface area contributed by atoms with Crippen LogP contribution in [0.3, 0.4) is 0 Å². The van der Waals surface area contributed by atoms with Gasteiger partial charge in [-0.15, -0.1) is 0 Å². The zero-order valence-corrected chi connectivity index (χ0v) is 11.2. The van der Waals surface area contributed by atoms with Crippen LogP contribution >= 0.6 is 22.6 Å². The van der Waals surface area contributed by atoms with Gasteiger partial charge in [-0.1, -0.05) is 6.07 Å². The highest BCUT2D eigenvalue weighted by atomic mass is 127. The number of pyridine rings is 1. The first kappa shape index (κ1) is 12.6. The molecule has 0 aliphatic carbocycles. The molecule has 90 valence electrons. The summed E-state index contributed by atoms with van der Waals surface area (Å²) in [6.07, 6.45) is 1.48. The highest BCUT2D eigenvalue weighted by Gasteiger charge is 2.22. The second kappa shape index (κ2) is 5.21. The second-order valence-corrected chi connectivity index (χ2v) is 4.71. The maximum absolute atomic E-state index is 12.1. The predicted octanol–water partition coefficient (Wildman–Crippen LogP) is 2.83. The van der Waals surface area contributed by atoms with Gasteiger partial charge in [-0.25, -0.2) is 0 Å². The van der Waals surface area contributed by atoms with Gasteiger partial charge in [0, 0.05) is 15.8 Å². The van der Waals surface area contributed by atoms with Gasteiger partial charge in [-0.05, 0) is 46.9 Å².